The summed E-state index contributed by atoms with van der Waals surface area (Å²) in [5.41, 5.74) is -1.05. The molecule has 2 N–H and O–H groups in total. The second kappa shape index (κ2) is 16.2. The normalized spacial score (nSPS) is 19.9. The minimum absolute atomic E-state index is 0.131. The van der Waals surface area contributed by atoms with E-state index in [1.807, 2.05) is 45.9 Å². The molecule has 1 aliphatic rings. The van der Waals surface area contributed by atoms with E-state index in [1.165, 1.54) is 16.8 Å². The molecule has 1 aliphatic heterocycles. The molecule has 2 heterocycles. The number of rotatable bonds is 10. The first-order valence-corrected chi connectivity index (χ1v) is 14.4. The monoisotopic (exact) mass is 561 g/mol. The van der Waals surface area contributed by atoms with Crippen LogP contribution in [-0.4, -0.2) is 40.4 Å². The third kappa shape index (κ3) is 10.6. The SMILES string of the molecule is CC.CC(C)C#C[C@H]1CC(COP(NC(C)C(=O)OC(C)C)Oc2ccccc2)OC1n1ccc(=O)[nH]c1=O. The van der Waals surface area contributed by atoms with Gasteiger partial charge in [-0.1, -0.05) is 51.8 Å². The van der Waals surface area contributed by atoms with E-state index in [0.29, 0.717) is 12.2 Å². The first-order valence-electron chi connectivity index (χ1n) is 13.2. The quantitative estimate of drug-likeness (QED) is 0.249. The van der Waals surface area contributed by atoms with Gasteiger partial charge in [0, 0.05) is 18.2 Å². The molecule has 0 saturated carbocycles. The van der Waals surface area contributed by atoms with Crippen molar-refractivity contribution in [2.24, 2.45) is 11.8 Å². The van der Waals surface area contributed by atoms with E-state index in [0.717, 1.165) is 0 Å². The van der Waals surface area contributed by atoms with Crippen LogP contribution in [0.2, 0.25) is 0 Å². The van der Waals surface area contributed by atoms with Crippen molar-refractivity contribution in [3.05, 3.63) is 63.4 Å². The number of hydrogen-bond donors (Lipinski definition) is 2. The average molecular weight is 562 g/mol. The van der Waals surface area contributed by atoms with Crippen LogP contribution in [0.1, 0.15) is 61.1 Å². The Morgan fingerprint density at radius 2 is 1.85 bits per heavy atom. The van der Waals surface area contributed by atoms with Gasteiger partial charge in [-0.15, -0.1) is 5.92 Å². The van der Waals surface area contributed by atoms with Gasteiger partial charge in [-0.05, 0) is 39.3 Å². The minimum atomic E-state index is -1.74. The van der Waals surface area contributed by atoms with Crippen LogP contribution in [0.15, 0.2) is 52.2 Å². The first kappa shape index (κ1) is 32.3. The molecule has 0 spiro atoms. The Labute approximate surface area is 231 Å². The zero-order valence-electron chi connectivity index (χ0n) is 23.7. The molecule has 1 aromatic heterocycles. The lowest BCUT2D eigenvalue weighted by molar-refractivity contribution is -0.149. The summed E-state index contributed by atoms with van der Waals surface area (Å²) in [7, 11) is -1.74. The molecular formula is C28H40N3O7P. The first-order chi connectivity index (χ1) is 18.6. The number of H-pyrrole nitrogens is 1. The van der Waals surface area contributed by atoms with E-state index < -0.39 is 44.1 Å². The summed E-state index contributed by atoms with van der Waals surface area (Å²) >= 11 is 0. The number of nitrogens with zero attached hydrogens (tertiary/aromatic N) is 1. The predicted molar refractivity (Wildman–Crippen MR) is 151 cm³/mol. The van der Waals surface area contributed by atoms with E-state index in [2.05, 4.69) is 21.9 Å². The third-order valence-corrected chi connectivity index (χ3v) is 6.55. The number of carbonyl (C=O) groups is 1. The molecule has 214 valence electrons. The summed E-state index contributed by atoms with van der Waals surface area (Å²) in [5, 5.41) is 3.07. The molecule has 0 bridgehead atoms. The van der Waals surface area contributed by atoms with Crippen LogP contribution in [0.4, 0.5) is 0 Å². The molecule has 0 amide bonds. The van der Waals surface area contributed by atoms with E-state index in [9.17, 15) is 14.4 Å². The third-order valence-electron chi connectivity index (χ3n) is 5.19. The molecule has 1 fully saturated rings. The number of esters is 1. The average Bonchev–Trinajstić information content (AvgIpc) is 3.30. The zero-order chi connectivity index (χ0) is 28.9. The van der Waals surface area contributed by atoms with Crippen LogP contribution in [0.5, 0.6) is 5.75 Å². The highest BCUT2D eigenvalue weighted by Gasteiger charge is 2.37. The van der Waals surface area contributed by atoms with Crippen LogP contribution in [0.25, 0.3) is 0 Å². The van der Waals surface area contributed by atoms with Gasteiger partial charge >= 0.3 is 20.2 Å². The number of aromatic amines is 1. The fourth-order valence-electron chi connectivity index (χ4n) is 3.51. The lowest BCUT2D eigenvalue weighted by Crippen LogP contribution is -2.35. The van der Waals surface area contributed by atoms with Crippen molar-refractivity contribution < 1.29 is 23.3 Å². The van der Waals surface area contributed by atoms with E-state index >= 15 is 0 Å². The Bertz CT molecular complexity index is 1200. The molecule has 11 heteroatoms. The van der Waals surface area contributed by atoms with Gasteiger partial charge < -0.3 is 18.5 Å². The van der Waals surface area contributed by atoms with Gasteiger partial charge in [0.2, 0.25) is 0 Å². The van der Waals surface area contributed by atoms with Crippen molar-refractivity contribution in [3.63, 3.8) is 0 Å². The molecule has 4 unspecified atom stereocenters. The maximum Gasteiger partial charge on any atom is 0.330 e. The molecule has 5 atom stereocenters. The highest BCUT2D eigenvalue weighted by Crippen LogP contribution is 2.39. The summed E-state index contributed by atoms with van der Waals surface area (Å²) in [6, 6.07) is 9.73. The highest BCUT2D eigenvalue weighted by molar-refractivity contribution is 7.45. The van der Waals surface area contributed by atoms with Crippen LogP contribution in [-0.2, 0) is 18.8 Å². The highest BCUT2D eigenvalue weighted by atomic mass is 31.2. The van der Waals surface area contributed by atoms with E-state index in [-0.39, 0.29) is 24.5 Å². The van der Waals surface area contributed by atoms with Gasteiger partial charge in [-0.2, -0.15) is 0 Å². The topological polar surface area (TPSA) is 121 Å². The molecule has 0 radical (unpaired) electrons. The standard InChI is InChI=1S/C26H34N3O7P.C2H6/c1-17(2)11-12-20-15-22(35-24(20)29-14-13-23(30)27-26(29)32)16-33-37(36-21-9-7-6-8-10-21)28-19(5)25(31)34-18(3)4;1-2/h6-10,13-14,17-20,22,24,28H,15-16H2,1-5H3,(H,27,30,32);1-2H3/t19?,20-,22?,24?,37?;/m0./s1. The summed E-state index contributed by atoms with van der Waals surface area (Å²) < 4.78 is 24.9. The second-order valence-electron chi connectivity index (χ2n) is 9.25. The molecule has 2 aromatic rings. The van der Waals surface area contributed by atoms with Gasteiger partial charge in [0.1, 0.15) is 11.8 Å². The Morgan fingerprint density at radius 3 is 2.46 bits per heavy atom. The van der Waals surface area contributed by atoms with Crippen LogP contribution >= 0.6 is 8.53 Å². The van der Waals surface area contributed by atoms with Crippen molar-refractivity contribution in [1.82, 2.24) is 14.6 Å². The van der Waals surface area contributed by atoms with Gasteiger partial charge in [0.25, 0.3) is 5.56 Å². The van der Waals surface area contributed by atoms with Crippen molar-refractivity contribution in [2.75, 3.05) is 6.61 Å². The molecule has 1 saturated heterocycles. The molecule has 0 aliphatic carbocycles. The van der Waals surface area contributed by atoms with Gasteiger partial charge in [-0.25, -0.2) is 9.88 Å². The minimum Gasteiger partial charge on any atom is -0.462 e. The summed E-state index contributed by atoms with van der Waals surface area (Å²) in [5.74, 6) is 6.38. The summed E-state index contributed by atoms with van der Waals surface area (Å²) in [4.78, 5) is 38.6. The molecule has 39 heavy (non-hydrogen) atoms. The van der Waals surface area contributed by atoms with Gasteiger partial charge in [0.15, 0.2) is 6.23 Å². The smallest absolute Gasteiger partial charge is 0.330 e. The number of ether oxygens (including phenoxy) is 2. The second-order valence-corrected chi connectivity index (χ2v) is 10.5. The fourth-order valence-corrected chi connectivity index (χ4v) is 4.73. The van der Waals surface area contributed by atoms with Crippen LogP contribution in [0.3, 0.4) is 0 Å². The predicted octanol–water partition coefficient (Wildman–Crippen LogP) is 4.38. The number of carbonyl (C=O) groups excluding carboxylic acids is 1. The zero-order valence-corrected chi connectivity index (χ0v) is 24.6. The number of hydrogen-bond acceptors (Lipinski definition) is 8. The van der Waals surface area contributed by atoms with E-state index in [4.69, 9.17) is 18.5 Å². The van der Waals surface area contributed by atoms with Crippen molar-refractivity contribution in [2.45, 2.75) is 79.4 Å². The fraction of sp³-hybridized carbons (Fsp3) is 0.536. The Balaban J connectivity index is 0.00000260. The molecule has 1 aromatic carbocycles. The van der Waals surface area contributed by atoms with Crippen molar-refractivity contribution in [1.29, 1.82) is 0 Å². The number of benzene rings is 1. The Morgan fingerprint density at radius 1 is 1.15 bits per heavy atom. The van der Waals surface area contributed by atoms with Gasteiger partial charge in [0.05, 0.1) is 24.7 Å². The summed E-state index contributed by atoms with van der Waals surface area (Å²) in [6.45, 7) is 13.3. The van der Waals surface area contributed by atoms with Crippen LogP contribution < -0.4 is 20.9 Å². The molecular weight excluding hydrogens is 521 g/mol. The maximum absolute atomic E-state index is 12.4. The summed E-state index contributed by atoms with van der Waals surface area (Å²) in [6.07, 6.45) is 0.587. The lowest BCUT2D eigenvalue weighted by Gasteiger charge is -2.23. The number of nitrogens with one attached hydrogen (secondary N) is 2. The maximum atomic E-state index is 12.4. The van der Waals surface area contributed by atoms with Gasteiger partial charge in [-0.3, -0.25) is 19.1 Å². The molecule has 10 nitrogen and oxygen atoms in total. The number of aromatic nitrogens is 2. The van der Waals surface area contributed by atoms with E-state index in [1.54, 1.807) is 32.9 Å². The lowest BCUT2D eigenvalue weighted by atomic mass is 10.0. The molecule has 3 rings (SSSR count). The Hall–Kier alpha value is -2.96. The number of para-hydroxylation sites is 1. The van der Waals surface area contributed by atoms with Crippen LogP contribution in [0, 0.1) is 23.7 Å². The van der Waals surface area contributed by atoms with Crippen molar-refractivity contribution >= 4 is 14.5 Å². The van der Waals surface area contributed by atoms with Crippen molar-refractivity contribution in [3.8, 4) is 17.6 Å². The largest absolute Gasteiger partial charge is 0.462 e. The Kier molecular flexibility index (Phi) is 13.4.